The van der Waals surface area contributed by atoms with E-state index in [0.717, 1.165) is 11.1 Å². The Morgan fingerprint density at radius 2 is 1.03 bits per heavy atom. The van der Waals surface area contributed by atoms with Crippen LogP contribution in [0.15, 0.2) is 60.7 Å². The molecule has 0 bridgehead atoms. The Labute approximate surface area is 179 Å². The first-order valence-electron chi connectivity index (χ1n) is 10.2. The molecule has 1 unspecified atom stereocenters. The first kappa shape index (κ1) is 22.9. The zero-order valence-electron chi connectivity index (χ0n) is 18.2. The van der Waals surface area contributed by atoms with Crippen LogP contribution in [0.3, 0.4) is 0 Å². The van der Waals surface area contributed by atoms with Gasteiger partial charge in [0, 0.05) is 14.2 Å². The summed E-state index contributed by atoms with van der Waals surface area (Å²) in [5, 5.41) is 0. The zero-order valence-corrected chi connectivity index (χ0v) is 18.2. The molecule has 3 rings (SSSR count). The summed E-state index contributed by atoms with van der Waals surface area (Å²) < 4.78 is 35.8. The van der Waals surface area contributed by atoms with Crippen molar-refractivity contribution in [3.8, 4) is 0 Å². The second kappa shape index (κ2) is 10.5. The van der Waals surface area contributed by atoms with Gasteiger partial charge in [-0.1, -0.05) is 60.7 Å². The van der Waals surface area contributed by atoms with Crippen molar-refractivity contribution in [2.24, 2.45) is 0 Å². The van der Waals surface area contributed by atoms with Crippen molar-refractivity contribution in [3.63, 3.8) is 0 Å². The molecule has 2 aromatic carbocycles. The van der Waals surface area contributed by atoms with E-state index in [-0.39, 0.29) is 12.2 Å². The van der Waals surface area contributed by atoms with E-state index in [1.54, 1.807) is 14.2 Å². The second-order valence-electron chi connectivity index (χ2n) is 7.61. The Kier molecular flexibility index (Phi) is 7.99. The summed E-state index contributed by atoms with van der Waals surface area (Å²) in [5.41, 5.74) is 2.20. The van der Waals surface area contributed by atoms with Crippen LogP contribution < -0.4 is 0 Å². The summed E-state index contributed by atoms with van der Waals surface area (Å²) in [6.07, 6.45) is -0.754. The van der Waals surface area contributed by atoms with Gasteiger partial charge in [0.2, 0.25) is 11.6 Å². The molecule has 1 fully saturated rings. The van der Waals surface area contributed by atoms with E-state index < -0.39 is 11.6 Å². The summed E-state index contributed by atoms with van der Waals surface area (Å²) in [6, 6.07) is 20.0. The third-order valence-corrected chi connectivity index (χ3v) is 5.56. The molecule has 0 aromatic heterocycles. The summed E-state index contributed by atoms with van der Waals surface area (Å²) in [4.78, 5) is 0. The van der Waals surface area contributed by atoms with Crippen LogP contribution >= 0.6 is 0 Å². The fourth-order valence-electron chi connectivity index (χ4n) is 3.43. The smallest absolute Gasteiger partial charge is 0.220 e. The maximum atomic E-state index is 6.31. The normalized spacial score (nSPS) is 29.1. The lowest BCUT2D eigenvalue weighted by atomic mass is 10.0. The lowest BCUT2D eigenvalue weighted by Crippen LogP contribution is -2.66. The summed E-state index contributed by atoms with van der Waals surface area (Å²) in [5.74, 6) is -2.17. The Hall–Kier alpha value is -1.80. The number of ether oxygens (including phenoxy) is 6. The molecule has 1 heterocycles. The quantitative estimate of drug-likeness (QED) is 0.585. The highest BCUT2D eigenvalue weighted by Crippen LogP contribution is 2.39. The van der Waals surface area contributed by atoms with Gasteiger partial charge >= 0.3 is 0 Å². The van der Waals surface area contributed by atoms with E-state index in [1.165, 1.54) is 0 Å². The molecule has 0 N–H and O–H groups in total. The minimum Gasteiger partial charge on any atom is -0.374 e. The molecule has 6 nitrogen and oxygen atoms in total. The van der Waals surface area contributed by atoms with E-state index in [9.17, 15) is 0 Å². The van der Waals surface area contributed by atoms with Crippen molar-refractivity contribution in [2.45, 2.75) is 50.8 Å². The topological polar surface area (TPSA) is 55.4 Å². The summed E-state index contributed by atoms with van der Waals surface area (Å²) in [7, 11) is 3.16. The first-order chi connectivity index (χ1) is 14.5. The predicted molar refractivity (Wildman–Crippen MR) is 113 cm³/mol. The minimum absolute atomic E-state index is 0.340. The van der Waals surface area contributed by atoms with Gasteiger partial charge in [0.15, 0.2) is 0 Å². The van der Waals surface area contributed by atoms with E-state index in [2.05, 4.69) is 0 Å². The lowest BCUT2D eigenvalue weighted by molar-refractivity contribution is -0.452. The van der Waals surface area contributed by atoms with Crippen molar-refractivity contribution in [2.75, 3.05) is 27.4 Å². The number of benzene rings is 2. The molecule has 0 aliphatic carbocycles. The van der Waals surface area contributed by atoms with E-state index in [1.807, 2.05) is 74.5 Å². The molecule has 0 saturated carbocycles. The van der Waals surface area contributed by atoms with Gasteiger partial charge in [-0.05, 0) is 25.0 Å². The fraction of sp³-hybridized carbons (Fsp3) is 0.500. The van der Waals surface area contributed by atoms with Gasteiger partial charge in [-0.2, -0.15) is 0 Å². The molecular weight excluding hydrogens is 384 g/mol. The molecular formula is C24H32O6. The van der Waals surface area contributed by atoms with E-state index in [0.29, 0.717) is 26.4 Å². The van der Waals surface area contributed by atoms with Crippen molar-refractivity contribution in [3.05, 3.63) is 71.8 Å². The molecule has 1 aliphatic rings. The van der Waals surface area contributed by atoms with Crippen molar-refractivity contribution >= 4 is 0 Å². The van der Waals surface area contributed by atoms with Crippen LogP contribution in [0.5, 0.6) is 0 Å². The summed E-state index contributed by atoms with van der Waals surface area (Å²) >= 11 is 0. The Balaban J connectivity index is 1.64. The molecule has 1 saturated heterocycles. The molecule has 0 amide bonds. The van der Waals surface area contributed by atoms with Gasteiger partial charge < -0.3 is 28.4 Å². The average Bonchev–Trinajstić information content (AvgIpc) is 2.78. The molecule has 1 aliphatic heterocycles. The van der Waals surface area contributed by atoms with Crippen LogP contribution in [0.25, 0.3) is 0 Å². The lowest BCUT2D eigenvalue weighted by Gasteiger charge is -2.51. The monoisotopic (exact) mass is 416 g/mol. The van der Waals surface area contributed by atoms with Gasteiger partial charge in [-0.25, -0.2) is 0 Å². The van der Waals surface area contributed by atoms with E-state index in [4.69, 9.17) is 28.4 Å². The second-order valence-corrected chi connectivity index (χ2v) is 7.61. The van der Waals surface area contributed by atoms with Crippen LogP contribution in [0.1, 0.15) is 25.0 Å². The van der Waals surface area contributed by atoms with Crippen molar-refractivity contribution in [1.82, 2.24) is 0 Å². The molecule has 0 radical (unpaired) electrons. The highest BCUT2D eigenvalue weighted by atomic mass is 16.8. The Morgan fingerprint density at radius 3 is 1.37 bits per heavy atom. The Bertz CT molecular complexity index is 689. The fourth-order valence-corrected chi connectivity index (χ4v) is 3.43. The average molecular weight is 417 g/mol. The van der Waals surface area contributed by atoms with Crippen LogP contribution in [-0.4, -0.2) is 51.2 Å². The molecule has 30 heavy (non-hydrogen) atoms. The van der Waals surface area contributed by atoms with Gasteiger partial charge in [0.25, 0.3) is 0 Å². The van der Waals surface area contributed by atoms with Crippen LogP contribution in [0, 0.1) is 0 Å². The molecule has 164 valence electrons. The maximum Gasteiger partial charge on any atom is 0.220 e. The van der Waals surface area contributed by atoms with Crippen LogP contribution in [0.2, 0.25) is 0 Å². The van der Waals surface area contributed by atoms with Gasteiger partial charge in [0.1, 0.15) is 12.2 Å². The maximum absolute atomic E-state index is 6.31. The summed E-state index contributed by atoms with van der Waals surface area (Å²) in [6.45, 7) is 5.27. The number of rotatable bonds is 10. The predicted octanol–water partition coefficient (Wildman–Crippen LogP) is 3.93. The first-order valence-corrected chi connectivity index (χ1v) is 10.2. The number of hydrogen-bond donors (Lipinski definition) is 0. The third-order valence-electron chi connectivity index (χ3n) is 5.56. The van der Waals surface area contributed by atoms with Crippen molar-refractivity contribution < 1.29 is 28.4 Å². The highest BCUT2D eigenvalue weighted by Gasteiger charge is 2.56. The highest BCUT2D eigenvalue weighted by molar-refractivity contribution is 5.14. The third kappa shape index (κ3) is 5.46. The van der Waals surface area contributed by atoms with Gasteiger partial charge in [0.05, 0.1) is 26.4 Å². The number of methoxy groups -OCH3 is 2. The van der Waals surface area contributed by atoms with Gasteiger partial charge in [-0.3, -0.25) is 0 Å². The van der Waals surface area contributed by atoms with Crippen LogP contribution in [0.4, 0.5) is 0 Å². The minimum atomic E-state index is -1.08. The van der Waals surface area contributed by atoms with E-state index >= 15 is 0 Å². The molecule has 4 atom stereocenters. The zero-order chi connectivity index (χ0) is 21.5. The number of hydrogen-bond acceptors (Lipinski definition) is 6. The SMILES string of the molecule is CO[C@]1(C)OC(COCc2ccccc2)[C@H](COCc2ccccc2)O[C@@]1(C)OC. The molecule has 6 heteroatoms. The van der Waals surface area contributed by atoms with Gasteiger partial charge in [-0.15, -0.1) is 0 Å². The molecule has 2 aromatic rings. The van der Waals surface area contributed by atoms with Crippen LogP contribution in [-0.2, 0) is 41.6 Å². The standard InChI is InChI=1S/C24H32O6/c1-23(25-3)24(2,26-4)30-22(18-28-16-20-13-9-6-10-14-20)21(29-23)17-27-15-19-11-7-5-8-12-19/h5-14,21-22H,15-18H2,1-4H3/t21-,22?,23+,24+/m0/s1. The molecule has 0 spiro atoms. The van der Waals surface area contributed by atoms with Crippen molar-refractivity contribution in [1.29, 1.82) is 0 Å². The Morgan fingerprint density at radius 1 is 0.667 bits per heavy atom. The largest absolute Gasteiger partial charge is 0.374 e.